The molecule has 0 N–H and O–H groups in total. The molecular formula is C13H27. The summed E-state index contributed by atoms with van der Waals surface area (Å²) in [6, 6.07) is 0. The summed E-state index contributed by atoms with van der Waals surface area (Å²) in [5.74, 6) is 0.907. The second kappa shape index (κ2) is 6.45. The van der Waals surface area contributed by atoms with Crippen LogP contribution in [0.4, 0.5) is 0 Å². The van der Waals surface area contributed by atoms with E-state index in [9.17, 15) is 0 Å². The molecule has 13 heavy (non-hydrogen) atoms. The van der Waals surface area contributed by atoms with Crippen molar-refractivity contribution in [1.82, 2.24) is 0 Å². The Morgan fingerprint density at radius 3 is 2.08 bits per heavy atom. The molecule has 0 bridgehead atoms. The molecule has 1 unspecified atom stereocenters. The lowest BCUT2D eigenvalue weighted by Gasteiger charge is -2.19. The van der Waals surface area contributed by atoms with Crippen molar-refractivity contribution in [3.63, 3.8) is 0 Å². The zero-order valence-electron chi connectivity index (χ0n) is 10.0. The van der Waals surface area contributed by atoms with E-state index in [0.717, 1.165) is 12.3 Å². The average molecular weight is 183 g/mol. The van der Waals surface area contributed by atoms with Crippen LogP contribution < -0.4 is 0 Å². The van der Waals surface area contributed by atoms with Crippen LogP contribution in [0.2, 0.25) is 0 Å². The van der Waals surface area contributed by atoms with Crippen molar-refractivity contribution in [3.8, 4) is 0 Å². The van der Waals surface area contributed by atoms with Gasteiger partial charge in [-0.05, 0) is 17.8 Å². The van der Waals surface area contributed by atoms with E-state index < -0.39 is 0 Å². The van der Waals surface area contributed by atoms with Crippen LogP contribution in [0.25, 0.3) is 0 Å². The van der Waals surface area contributed by atoms with Gasteiger partial charge in [-0.1, -0.05) is 66.7 Å². The lowest BCUT2D eigenvalue weighted by atomic mass is 9.87. The minimum absolute atomic E-state index is 0.520. The molecule has 0 amide bonds. The molecular weight excluding hydrogens is 156 g/mol. The van der Waals surface area contributed by atoms with Crippen LogP contribution in [-0.2, 0) is 0 Å². The molecule has 0 saturated carbocycles. The summed E-state index contributed by atoms with van der Waals surface area (Å²) in [6.45, 7) is 13.2. The summed E-state index contributed by atoms with van der Waals surface area (Å²) in [6.07, 6.45) is 7.93. The van der Waals surface area contributed by atoms with Gasteiger partial charge in [-0.25, -0.2) is 0 Å². The third-order valence-electron chi connectivity index (χ3n) is 2.57. The Hall–Kier alpha value is 0. The van der Waals surface area contributed by atoms with E-state index in [2.05, 4.69) is 34.6 Å². The van der Waals surface area contributed by atoms with Crippen molar-refractivity contribution in [3.05, 3.63) is 6.92 Å². The van der Waals surface area contributed by atoms with Crippen LogP contribution in [0.3, 0.4) is 0 Å². The largest absolute Gasteiger partial charge is 0.0625 e. The summed E-state index contributed by atoms with van der Waals surface area (Å²) in [5.41, 5.74) is 0.520. The average Bonchev–Trinajstić information content (AvgIpc) is 1.98. The highest BCUT2D eigenvalue weighted by molar-refractivity contribution is 4.63. The highest BCUT2D eigenvalue weighted by Crippen LogP contribution is 2.24. The van der Waals surface area contributed by atoms with Gasteiger partial charge in [-0.3, -0.25) is 0 Å². The van der Waals surface area contributed by atoms with Gasteiger partial charge in [0.1, 0.15) is 0 Å². The van der Waals surface area contributed by atoms with Gasteiger partial charge < -0.3 is 0 Å². The number of rotatable bonds is 6. The molecule has 0 fully saturated rings. The molecule has 0 rings (SSSR count). The van der Waals surface area contributed by atoms with Crippen molar-refractivity contribution in [2.24, 2.45) is 11.3 Å². The molecule has 0 aliphatic rings. The fourth-order valence-electron chi connectivity index (χ4n) is 1.62. The highest BCUT2D eigenvalue weighted by atomic mass is 14.2. The maximum Gasteiger partial charge on any atom is -0.0383 e. The van der Waals surface area contributed by atoms with E-state index in [4.69, 9.17) is 0 Å². The van der Waals surface area contributed by atoms with Crippen molar-refractivity contribution >= 4 is 0 Å². The van der Waals surface area contributed by atoms with E-state index in [1.54, 1.807) is 0 Å². The molecule has 0 aliphatic heterocycles. The standard InChI is InChI=1S/C13H27/c1-6-7-9-12(2)10-8-11-13(3,4)5/h12H,1,6-11H2,2-5H3. The summed E-state index contributed by atoms with van der Waals surface area (Å²) in [7, 11) is 0. The quantitative estimate of drug-likeness (QED) is 0.552. The maximum absolute atomic E-state index is 3.88. The van der Waals surface area contributed by atoms with Gasteiger partial charge in [0.05, 0.1) is 0 Å². The van der Waals surface area contributed by atoms with Gasteiger partial charge in [-0.15, -0.1) is 0 Å². The molecule has 0 saturated heterocycles. The van der Waals surface area contributed by atoms with Gasteiger partial charge >= 0.3 is 0 Å². The first-order valence-corrected chi connectivity index (χ1v) is 5.75. The number of unbranched alkanes of at least 4 members (excludes halogenated alkanes) is 1. The Balaban J connectivity index is 3.31. The maximum atomic E-state index is 3.88. The molecule has 0 heteroatoms. The molecule has 1 radical (unpaired) electrons. The Kier molecular flexibility index (Phi) is 6.45. The van der Waals surface area contributed by atoms with E-state index >= 15 is 0 Å². The zero-order valence-corrected chi connectivity index (χ0v) is 10.0. The SMILES string of the molecule is [CH2]CCCC(C)CCCC(C)(C)C. The topological polar surface area (TPSA) is 0 Å². The fraction of sp³-hybridized carbons (Fsp3) is 0.923. The molecule has 0 aromatic heterocycles. The van der Waals surface area contributed by atoms with Crippen molar-refractivity contribution in [1.29, 1.82) is 0 Å². The van der Waals surface area contributed by atoms with Gasteiger partial charge in [0.15, 0.2) is 0 Å². The van der Waals surface area contributed by atoms with Crippen LogP contribution >= 0.6 is 0 Å². The summed E-state index contributed by atoms with van der Waals surface area (Å²) >= 11 is 0. The Morgan fingerprint density at radius 2 is 1.62 bits per heavy atom. The van der Waals surface area contributed by atoms with E-state index in [-0.39, 0.29) is 0 Å². The van der Waals surface area contributed by atoms with Crippen LogP contribution in [0.5, 0.6) is 0 Å². The van der Waals surface area contributed by atoms with Gasteiger partial charge in [0, 0.05) is 0 Å². The number of hydrogen-bond acceptors (Lipinski definition) is 0. The first kappa shape index (κ1) is 13.0. The molecule has 0 heterocycles. The molecule has 0 spiro atoms. The predicted octanol–water partition coefficient (Wildman–Crippen LogP) is 4.84. The van der Waals surface area contributed by atoms with Gasteiger partial charge in [0.25, 0.3) is 0 Å². The minimum atomic E-state index is 0.520. The second-order valence-electron chi connectivity index (χ2n) is 5.55. The van der Waals surface area contributed by atoms with E-state index in [1.165, 1.54) is 32.1 Å². The first-order chi connectivity index (χ1) is 5.95. The molecule has 1 atom stereocenters. The third-order valence-corrected chi connectivity index (χ3v) is 2.57. The van der Waals surface area contributed by atoms with Crippen LogP contribution in [-0.4, -0.2) is 0 Å². The van der Waals surface area contributed by atoms with Crippen LogP contribution in [0.1, 0.15) is 66.2 Å². The minimum Gasteiger partial charge on any atom is -0.0625 e. The summed E-state index contributed by atoms with van der Waals surface area (Å²) in [5, 5.41) is 0. The second-order valence-corrected chi connectivity index (χ2v) is 5.55. The Bertz CT molecular complexity index is 108. The monoisotopic (exact) mass is 183 g/mol. The summed E-state index contributed by atoms with van der Waals surface area (Å²) in [4.78, 5) is 0. The third kappa shape index (κ3) is 9.92. The Labute approximate surface area is 85.1 Å². The van der Waals surface area contributed by atoms with Crippen molar-refractivity contribution < 1.29 is 0 Å². The van der Waals surface area contributed by atoms with Crippen LogP contribution in [0.15, 0.2) is 0 Å². The summed E-state index contributed by atoms with van der Waals surface area (Å²) < 4.78 is 0. The molecule has 79 valence electrons. The molecule has 0 aromatic carbocycles. The molecule has 0 nitrogen and oxygen atoms in total. The molecule has 0 aromatic rings. The van der Waals surface area contributed by atoms with E-state index in [1.807, 2.05) is 0 Å². The highest BCUT2D eigenvalue weighted by Gasteiger charge is 2.10. The first-order valence-electron chi connectivity index (χ1n) is 5.75. The lowest BCUT2D eigenvalue weighted by molar-refractivity contribution is 0.337. The van der Waals surface area contributed by atoms with Crippen molar-refractivity contribution in [2.45, 2.75) is 66.2 Å². The van der Waals surface area contributed by atoms with Gasteiger partial charge in [-0.2, -0.15) is 0 Å². The zero-order chi connectivity index (χ0) is 10.3. The van der Waals surface area contributed by atoms with Gasteiger partial charge in [0.2, 0.25) is 0 Å². The van der Waals surface area contributed by atoms with Crippen molar-refractivity contribution in [2.75, 3.05) is 0 Å². The predicted molar refractivity (Wildman–Crippen MR) is 61.7 cm³/mol. The molecule has 0 aliphatic carbocycles. The van der Waals surface area contributed by atoms with E-state index in [0.29, 0.717) is 5.41 Å². The smallest absolute Gasteiger partial charge is 0.0383 e. The number of hydrogen-bond donors (Lipinski definition) is 0. The Morgan fingerprint density at radius 1 is 1.08 bits per heavy atom. The normalized spacial score (nSPS) is 14.5. The lowest BCUT2D eigenvalue weighted by Crippen LogP contribution is -2.05. The van der Waals surface area contributed by atoms with Crippen LogP contribution in [0, 0.1) is 18.3 Å². The fourth-order valence-corrected chi connectivity index (χ4v) is 1.62.